The summed E-state index contributed by atoms with van der Waals surface area (Å²) in [5.74, 6) is -0.357. The van der Waals surface area contributed by atoms with Crippen molar-refractivity contribution in [2.24, 2.45) is 11.8 Å². The number of carbonyl (C=O) groups is 3. The molecule has 1 aliphatic carbocycles. The Labute approximate surface area is 203 Å². The topological polar surface area (TPSA) is 118 Å². The van der Waals surface area contributed by atoms with Crippen molar-refractivity contribution in [2.75, 3.05) is 25.1 Å². The summed E-state index contributed by atoms with van der Waals surface area (Å²) in [5, 5.41) is 13.3. The van der Waals surface area contributed by atoms with Crippen LogP contribution in [0.5, 0.6) is 0 Å². The molecule has 3 fully saturated rings. The molecule has 2 amide bonds. The second-order valence-corrected chi connectivity index (χ2v) is 9.86. The van der Waals surface area contributed by atoms with E-state index in [2.05, 4.69) is 5.32 Å². The predicted octanol–water partition coefficient (Wildman–Crippen LogP) is 4.66. The summed E-state index contributed by atoms with van der Waals surface area (Å²) in [4.78, 5) is 38.9. The van der Waals surface area contributed by atoms with E-state index in [4.69, 9.17) is 13.9 Å². The highest BCUT2D eigenvalue weighted by molar-refractivity contribution is 5.99. The lowest BCUT2D eigenvalue weighted by atomic mass is 9.76. The zero-order chi connectivity index (χ0) is 24.4. The summed E-state index contributed by atoms with van der Waals surface area (Å²) < 4.78 is 16.4. The third-order valence-corrected chi connectivity index (χ3v) is 7.62. The van der Waals surface area contributed by atoms with Gasteiger partial charge in [0.25, 0.3) is 0 Å². The van der Waals surface area contributed by atoms with Gasteiger partial charge in [-0.2, -0.15) is 0 Å². The zero-order valence-corrected chi connectivity index (χ0v) is 19.7. The molecule has 1 aromatic carbocycles. The van der Waals surface area contributed by atoms with E-state index in [9.17, 15) is 19.5 Å². The number of anilines is 1. The Morgan fingerprint density at radius 2 is 1.89 bits per heavy atom. The molecule has 3 heterocycles. The fourth-order valence-corrected chi connectivity index (χ4v) is 5.88. The van der Waals surface area contributed by atoms with Gasteiger partial charge < -0.3 is 24.3 Å². The Bertz CT molecular complexity index is 1080. The van der Waals surface area contributed by atoms with Gasteiger partial charge in [-0.3, -0.25) is 9.69 Å². The molecule has 188 valence electrons. The van der Waals surface area contributed by atoms with Gasteiger partial charge in [-0.1, -0.05) is 32.1 Å². The first-order chi connectivity index (χ1) is 17.0. The summed E-state index contributed by atoms with van der Waals surface area (Å²) in [6, 6.07) is 6.00. The van der Waals surface area contributed by atoms with Crippen molar-refractivity contribution < 1.29 is 33.4 Å². The van der Waals surface area contributed by atoms with Crippen LogP contribution in [0.4, 0.5) is 10.5 Å². The normalized spacial score (nSPS) is 25.1. The van der Waals surface area contributed by atoms with E-state index >= 15 is 0 Å². The number of likely N-dealkylation sites (tertiary alicyclic amines) is 1. The Balaban J connectivity index is 1.28. The quantitative estimate of drug-likeness (QED) is 0.573. The molecule has 3 atom stereocenters. The summed E-state index contributed by atoms with van der Waals surface area (Å²) in [6.45, 7) is 1.27. The van der Waals surface area contributed by atoms with Crippen LogP contribution in [0, 0.1) is 11.8 Å². The first kappa shape index (κ1) is 23.7. The largest absolute Gasteiger partial charge is 0.465 e. The van der Waals surface area contributed by atoms with Crippen molar-refractivity contribution in [1.29, 1.82) is 0 Å². The van der Waals surface area contributed by atoms with E-state index < -0.39 is 18.1 Å². The number of benzene rings is 1. The lowest BCUT2D eigenvalue weighted by molar-refractivity contribution is -0.121. The van der Waals surface area contributed by atoms with E-state index in [1.165, 1.54) is 11.3 Å². The van der Waals surface area contributed by atoms with Crippen LogP contribution in [0.1, 0.15) is 61.9 Å². The minimum Gasteiger partial charge on any atom is -0.465 e. The molecule has 9 nitrogen and oxygen atoms in total. The summed E-state index contributed by atoms with van der Waals surface area (Å²) in [6.07, 6.45) is 7.01. The third-order valence-electron chi connectivity index (χ3n) is 7.62. The third kappa shape index (κ3) is 5.15. The molecule has 0 bridgehead atoms. The number of furan rings is 1. The van der Waals surface area contributed by atoms with E-state index in [-0.39, 0.29) is 30.3 Å². The van der Waals surface area contributed by atoms with Crippen LogP contribution in [0.2, 0.25) is 0 Å². The van der Waals surface area contributed by atoms with E-state index in [1.807, 2.05) is 0 Å². The Morgan fingerprint density at radius 1 is 1.06 bits per heavy atom. The number of esters is 1. The Morgan fingerprint density at radius 3 is 2.63 bits per heavy atom. The molecule has 2 saturated heterocycles. The molecule has 0 radical (unpaired) electrons. The molecule has 35 heavy (non-hydrogen) atoms. The van der Waals surface area contributed by atoms with Gasteiger partial charge in [0.1, 0.15) is 18.2 Å². The highest BCUT2D eigenvalue weighted by Gasteiger charge is 2.45. The number of rotatable bonds is 6. The Kier molecular flexibility index (Phi) is 6.95. The van der Waals surface area contributed by atoms with Gasteiger partial charge in [-0.15, -0.1) is 0 Å². The number of carbonyl (C=O) groups excluding carboxylic acids is 2. The number of nitrogens with one attached hydrogen (secondary N) is 1. The number of carboxylic acid groups (broad SMARTS) is 1. The van der Waals surface area contributed by atoms with Crippen molar-refractivity contribution in [3.8, 4) is 0 Å². The second kappa shape index (κ2) is 10.3. The summed E-state index contributed by atoms with van der Waals surface area (Å²) >= 11 is 0. The predicted molar refractivity (Wildman–Crippen MR) is 127 cm³/mol. The zero-order valence-electron chi connectivity index (χ0n) is 19.7. The number of amides is 2. The molecule has 0 spiro atoms. The molecule has 9 heteroatoms. The molecular formula is C26H32N2O7. The number of hydrogen-bond donors (Lipinski definition) is 2. The number of nitrogens with zero attached hydrogens (tertiary/aromatic N) is 1. The number of ether oxygens (including phenoxy) is 2. The maximum atomic E-state index is 13.3. The van der Waals surface area contributed by atoms with Crippen LogP contribution in [0.3, 0.4) is 0 Å². The summed E-state index contributed by atoms with van der Waals surface area (Å²) in [7, 11) is 0. The molecule has 2 N–H and O–H groups in total. The molecule has 1 aromatic heterocycles. The fourth-order valence-electron chi connectivity index (χ4n) is 5.88. The molecule has 3 aliphatic rings. The van der Waals surface area contributed by atoms with E-state index in [0.717, 1.165) is 38.5 Å². The van der Waals surface area contributed by atoms with Gasteiger partial charge in [0.2, 0.25) is 11.7 Å². The first-order valence-electron chi connectivity index (χ1n) is 12.6. The van der Waals surface area contributed by atoms with Crippen LogP contribution in [0.15, 0.2) is 28.7 Å². The first-order valence-corrected chi connectivity index (χ1v) is 12.6. The number of fused-ring (bicyclic) bond motifs is 1. The van der Waals surface area contributed by atoms with Crippen LogP contribution >= 0.6 is 0 Å². The van der Waals surface area contributed by atoms with Crippen LogP contribution < -0.4 is 5.32 Å². The van der Waals surface area contributed by atoms with Gasteiger partial charge in [0, 0.05) is 24.2 Å². The molecule has 0 unspecified atom stereocenters. The van der Waals surface area contributed by atoms with Gasteiger partial charge in [-0.05, 0) is 55.4 Å². The van der Waals surface area contributed by atoms with Crippen molar-refractivity contribution in [1.82, 2.24) is 4.90 Å². The van der Waals surface area contributed by atoms with Crippen LogP contribution in [0.25, 0.3) is 11.0 Å². The highest BCUT2D eigenvalue weighted by atomic mass is 16.6. The standard InChI is InChI=1S/C26H32N2O7/c29-24(23-20(10-11-28(23)26(31)32)16-5-2-1-3-6-16)27-18-8-9-21-17(13-18)14-22(35-21)25(30)34-15-19-7-4-12-33-19/h8-9,13-14,16,19-20,23H,1-7,10-12,15H2,(H,27,29)(H,31,32)/t19-,20+,23+/m1/s1. The van der Waals surface area contributed by atoms with Crippen molar-refractivity contribution in [3.05, 3.63) is 30.0 Å². The Hall–Kier alpha value is -3.07. The number of hydrogen-bond acceptors (Lipinski definition) is 6. The molecule has 2 aromatic rings. The van der Waals surface area contributed by atoms with Crippen molar-refractivity contribution >= 4 is 34.6 Å². The lowest BCUT2D eigenvalue weighted by Gasteiger charge is -2.32. The molecule has 2 aliphatic heterocycles. The highest BCUT2D eigenvalue weighted by Crippen LogP contribution is 2.39. The van der Waals surface area contributed by atoms with E-state index in [1.54, 1.807) is 24.3 Å². The van der Waals surface area contributed by atoms with Gasteiger partial charge in [0.15, 0.2) is 0 Å². The van der Waals surface area contributed by atoms with Crippen molar-refractivity contribution in [3.63, 3.8) is 0 Å². The van der Waals surface area contributed by atoms with Gasteiger partial charge >= 0.3 is 12.1 Å². The molecule has 5 rings (SSSR count). The lowest BCUT2D eigenvalue weighted by Crippen LogP contribution is -2.47. The smallest absolute Gasteiger partial charge is 0.407 e. The van der Waals surface area contributed by atoms with Crippen LogP contribution in [-0.4, -0.2) is 59.9 Å². The average Bonchev–Trinajstić information content (AvgIpc) is 3.62. The SMILES string of the molecule is O=C(OC[C@H]1CCCO1)c1cc2cc(NC(=O)[C@@H]3[C@H](C4CCCCC4)CCN3C(=O)O)ccc2o1. The maximum Gasteiger partial charge on any atom is 0.407 e. The summed E-state index contributed by atoms with van der Waals surface area (Å²) in [5.41, 5.74) is 1.03. The maximum absolute atomic E-state index is 13.3. The minimum absolute atomic E-state index is 0.0364. The average molecular weight is 485 g/mol. The molecule has 1 saturated carbocycles. The van der Waals surface area contributed by atoms with Crippen LogP contribution in [-0.2, 0) is 14.3 Å². The molecular weight excluding hydrogens is 452 g/mol. The second-order valence-electron chi connectivity index (χ2n) is 9.86. The minimum atomic E-state index is -1.06. The monoisotopic (exact) mass is 484 g/mol. The van der Waals surface area contributed by atoms with Gasteiger partial charge in [-0.25, -0.2) is 9.59 Å². The van der Waals surface area contributed by atoms with E-state index in [0.29, 0.717) is 42.1 Å². The van der Waals surface area contributed by atoms with Crippen molar-refractivity contribution in [2.45, 2.75) is 63.5 Å². The fraction of sp³-hybridized carbons (Fsp3) is 0.577. The van der Waals surface area contributed by atoms with Gasteiger partial charge in [0.05, 0.1) is 6.10 Å².